The molecule has 0 aromatic carbocycles. The Bertz CT molecular complexity index is 368. The second kappa shape index (κ2) is 3.12. The molecule has 1 atom stereocenters. The Hall–Kier alpha value is -1.32. The summed E-state index contributed by atoms with van der Waals surface area (Å²) in [5.41, 5.74) is 5.86. The maximum atomic E-state index is 11.6. The van der Waals surface area contributed by atoms with E-state index in [-0.39, 0.29) is 11.8 Å². The van der Waals surface area contributed by atoms with E-state index in [0.29, 0.717) is 29.7 Å². The van der Waals surface area contributed by atoms with Crippen LogP contribution < -0.4 is 5.73 Å². The summed E-state index contributed by atoms with van der Waals surface area (Å²) in [6, 6.07) is 0.104. The number of ketones is 1. The molecule has 2 N–H and O–H groups in total. The number of nitrogens with zero attached hydrogens (tertiary/aromatic N) is 1. The van der Waals surface area contributed by atoms with E-state index < -0.39 is 0 Å². The van der Waals surface area contributed by atoms with Crippen molar-refractivity contribution in [1.29, 1.82) is 0 Å². The normalized spacial score (nSPS) is 21.4. The Kier molecular flexibility index (Phi) is 2.06. The summed E-state index contributed by atoms with van der Waals surface area (Å²) < 4.78 is 5.20. The molecule has 0 radical (unpaired) electrons. The highest BCUT2D eigenvalue weighted by Gasteiger charge is 2.31. The topological polar surface area (TPSA) is 69.1 Å². The summed E-state index contributed by atoms with van der Waals surface area (Å²) in [6.45, 7) is 4.23. The minimum absolute atomic E-state index is 0.0606. The van der Waals surface area contributed by atoms with Crippen LogP contribution in [0.3, 0.4) is 0 Å². The average Bonchev–Trinajstić information content (AvgIpc) is 2.45. The zero-order valence-corrected chi connectivity index (χ0v) is 8.41. The minimum atomic E-state index is 0.0606. The smallest absolute Gasteiger partial charge is 0.292 e. The molecule has 2 rings (SSSR count). The van der Waals surface area contributed by atoms with Gasteiger partial charge in [-0.3, -0.25) is 4.79 Å². The quantitative estimate of drug-likeness (QED) is 0.738. The van der Waals surface area contributed by atoms with Crippen LogP contribution >= 0.6 is 0 Å². The van der Waals surface area contributed by atoms with Crippen molar-refractivity contribution in [2.45, 2.75) is 26.7 Å². The van der Waals surface area contributed by atoms with E-state index in [2.05, 4.69) is 18.8 Å². The number of oxazole rings is 1. The van der Waals surface area contributed by atoms with Crippen molar-refractivity contribution in [3.05, 3.63) is 11.5 Å². The van der Waals surface area contributed by atoms with Crippen molar-refractivity contribution in [3.63, 3.8) is 0 Å². The van der Waals surface area contributed by atoms with E-state index in [1.807, 2.05) is 0 Å². The second-order valence-electron chi connectivity index (χ2n) is 4.16. The van der Waals surface area contributed by atoms with Gasteiger partial charge in [-0.05, 0) is 11.8 Å². The summed E-state index contributed by atoms with van der Waals surface area (Å²) in [5, 5.41) is 0. The molecule has 1 aromatic heterocycles. The molecule has 1 heterocycles. The van der Waals surface area contributed by atoms with Gasteiger partial charge in [-0.1, -0.05) is 13.8 Å². The second-order valence-corrected chi connectivity index (χ2v) is 4.16. The molecule has 0 bridgehead atoms. The molecule has 4 nitrogen and oxygen atoms in total. The molecule has 1 aromatic rings. The van der Waals surface area contributed by atoms with Gasteiger partial charge >= 0.3 is 0 Å². The number of carbonyl (C=O) groups excluding carboxylic acids is 1. The number of nitrogens with two attached hydrogens (primary N) is 1. The molecule has 0 spiro atoms. The molecule has 1 aliphatic rings. The van der Waals surface area contributed by atoms with Crippen molar-refractivity contribution in [2.75, 3.05) is 5.73 Å². The van der Waals surface area contributed by atoms with Gasteiger partial charge < -0.3 is 10.2 Å². The minimum Gasteiger partial charge on any atom is -0.428 e. The number of hydrogen-bond acceptors (Lipinski definition) is 4. The Labute approximate surface area is 82.5 Å². The first-order valence-corrected chi connectivity index (χ1v) is 4.86. The predicted octanol–water partition coefficient (Wildman–Crippen LogP) is 1.66. The fourth-order valence-corrected chi connectivity index (χ4v) is 1.84. The number of Topliss-reactive ketones (excluding diaryl/α,β-unsaturated/α-hetero) is 1. The number of aromatic nitrogens is 1. The highest BCUT2D eigenvalue weighted by molar-refractivity contribution is 5.96. The van der Waals surface area contributed by atoms with Gasteiger partial charge in [0.15, 0.2) is 5.78 Å². The molecule has 0 amide bonds. The number of rotatable bonds is 1. The van der Waals surface area contributed by atoms with Gasteiger partial charge in [0.05, 0.1) is 0 Å². The van der Waals surface area contributed by atoms with Crippen LogP contribution in [-0.2, 0) is 6.42 Å². The number of nitrogen functional groups attached to an aromatic ring is 1. The van der Waals surface area contributed by atoms with E-state index in [1.54, 1.807) is 0 Å². The van der Waals surface area contributed by atoms with E-state index >= 15 is 0 Å². The first-order chi connectivity index (χ1) is 6.58. The zero-order valence-electron chi connectivity index (χ0n) is 8.41. The largest absolute Gasteiger partial charge is 0.428 e. The third-order valence-corrected chi connectivity index (χ3v) is 2.82. The lowest BCUT2D eigenvalue weighted by Gasteiger charge is -2.22. The molecule has 0 saturated heterocycles. The lowest BCUT2D eigenvalue weighted by Crippen LogP contribution is -2.23. The molecule has 1 aliphatic carbocycles. The Morgan fingerprint density at radius 1 is 1.50 bits per heavy atom. The maximum Gasteiger partial charge on any atom is 0.292 e. The van der Waals surface area contributed by atoms with Crippen LogP contribution in [0.5, 0.6) is 0 Å². The number of anilines is 1. The van der Waals surface area contributed by atoms with Gasteiger partial charge in [0.25, 0.3) is 6.01 Å². The van der Waals surface area contributed by atoms with Crippen molar-refractivity contribution in [3.8, 4) is 0 Å². The predicted molar refractivity (Wildman–Crippen MR) is 51.9 cm³/mol. The van der Waals surface area contributed by atoms with Crippen molar-refractivity contribution >= 4 is 11.8 Å². The lowest BCUT2D eigenvalue weighted by atomic mass is 9.82. The third kappa shape index (κ3) is 1.41. The van der Waals surface area contributed by atoms with Gasteiger partial charge in [0.1, 0.15) is 11.5 Å². The highest BCUT2D eigenvalue weighted by Crippen LogP contribution is 2.30. The molecule has 76 valence electrons. The van der Waals surface area contributed by atoms with Crippen LogP contribution in [0, 0.1) is 11.8 Å². The fraction of sp³-hybridized carbons (Fsp3) is 0.600. The van der Waals surface area contributed by atoms with E-state index in [0.717, 1.165) is 6.42 Å². The van der Waals surface area contributed by atoms with E-state index in [1.165, 1.54) is 0 Å². The first-order valence-electron chi connectivity index (χ1n) is 4.86. The number of hydrogen-bond donors (Lipinski definition) is 1. The first kappa shape index (κ1) is 9.24. The standard InChI is InChI=1S/C10H14N2O2/c1-5(2)6-3-7(13)9-8(4-6)14-10(11)12-9/h5-6H,3-4H2,1-2H3,(H2,11,12). The van der Waals surface area contributed by atoms with Gasteiger partial charge in [0, 0.05) is 12.8 Å². The molecule has 0 fully saturated rings. The summed E-state index contributed by atoms with van der Waals surface area (Å²) in [7, 11) is 0. The van der Waals surface area contributed by atoms with Crippen LogP contribution in [0.4, 0.5) is 6.01 Å². The van der Waals surface area contributed by atoms with Crippen molar-refractivity contribution in [2.24, 2.45) is 11.8 Å². The molecule has 14 heavy (non-hydrogen) atoms. The molecule has 4 heteroatoms. The van der Waals surface area contributed by atoms with Gasteiger partial charge in [0.2, 0.25) is 0 Å². The monoisotopic (exact) mass is 194 g/mol. The number of carbonyl (C=O) groups is 1. The van der Waals surface area contributed by atoms with Crippen LogP contribution in [0.25, 0.3) is 0 Å². The van der Waals surface area contributed by atoms with E-state index in [9.17, 15) is 4.79 Å². The van der Waals surface area contributed by atoms with Crippen molar-refractivity contribution < 1.29 is 9.21 Å². The fourth-order valence-electron chi connectivity index (χ4n) is 1.84. The molecular weight excluding hydrogens is 180 g/mol. The summed E-state index contributed by atoms with van der Waals surface area (Å²) in [5.74, 6) is 1.57. The Balaban J connectivity index is 2.33. The van der Waals surface area contributed by atoms with Gasteiger partial charge in [-0.2, -0.15) is 4.98 Å². The van der Waals surface area contributed by atoms with Crippen LogP contribution in [0.15, 0.2) is 4.42 Å². The van der Waals surface area contributed by atoms with Gasteiger partial charge in [-0.25, -0.2) is 0 Å². The van der Waals surface area contributed by atoms with Crippen molar-refractivity contribution in [1.82, 2.24) is 4.98 Å². The zero-order chi connectivity index (χ0) is 10.3. The summed E-state index contributed by atoms with van der Waals surface area (Å²) in [6.07, 6.45) is 1.35. The van der Waals surface area contributed by atoms with Gasteiger partial charge in [-0.15, -0.1) is 0 Å². The molecule has 1 unspecified atom stereocenters. The van der Waals surface area contributed by atoms with Crippen LogP contribution in [0.1, 0.15) is 36.5 Å². The average molecular weight is 194 g/mol. The van der Waals surface area contributed by atoms with Crippen LogP contribution in [0.2, 0.25) is 0 Å². The highest BCUT2D eigenvalue weighted by atomic mass is 16.4. The number of fused-ring (bicyclic) bond motifs is 1. The summed E-state index contributed by atoms with van der Waals surface area (Å²) in [4.78, 5) is 15.5. The Morgan fingerprint density at radius 2 is 2.21 bits per heavy atom. The van der Waals surface area contributed by atoms with E-state index in [4.69, 9.17) is 10.2 Å². The third-order valence-electron chi connectivity index (χ3n) is 2.82. The lowest BCUT2D eigenvalue weighted by molar-refractivity contribution is 0.0922. The maximum absolute atomic E-state index is 11.6. The Morgan fingerprint density at radius 3 is 2.86 bits per heavy atom. The molecular formula is C10H14N2O2. The molecule has 0 saturated carbocycles. The SMILES string of the molecule is CC(C)C1CC(=O)c2nc(N)oc2C1. The molecule has 0 aliphatic heterocycles. The summed E-state index contributed by atoms with van der Waals surface area (Å²) >= 11 is 0. The van der Waals surface area contributed by atoms with Crippen LogP contribution in [-0.4, -0.2) is 10.8 Å².